The van der Waals surface area contributed by atoms with Crippen molar-refractivity contribution in [2.24, 2.45) is 0 Å². The number of carbonyl (C=O) groups excluding carboxylic acids is 1. The Kier molecular flexibility index (Phi) is 8.89. The minimum Gasteiger partial charge on any atom is -0.468 e. The Morgan fingerprint density at radius 2 is 1.84 bits per heavy atom. The van der Waals surface area contributed by atoms with Gasteiger partial charge in [0.2, 0.25) is 10.0 Å². The number of ether oxygens (including phenoxy) is 1. The lowest BCUT2D eigenvalue weighted by atomic mass is 9.90. The molecule has 2 rings (SSSR count). The summed E-state index contributed by atoms with van der Waals surface area (Å²) in [5.74, 6) is -1.65. The summed E-state index contributed by atoms with van der Waals surface area (Å²) < 4.78 is 33.4. The molecule has 2 aromatic rings. The molecule has 0 aromatic heterocycles. The molecule has 5 nitrogen and oxygen atoms in total. The first-order valence-electron chi connectivity index (χ1n) is 9.52. The molecule has 0 aliphatic heterocycles. The molecule has 0 N–H and O–H groups in total. The zero-order chi connectivity index (χ0) is 23.2. The minimum absolute atomic E-state index is 0.0239. The van der Waals surface area contributed by atoms with Crippen molar-refractivity contribution in [3.63, 3.8) is 0 Å². The van der Waals surface area contributed by atoms with Gasteiger partial charge in [-0.1, -0.05) is 65.2 Å². The number of carbonyl (C=O) groups is 1. The maximum atomic E-state index is 13.6. The van der Waals surface area contributed by atoms with Crippen molar-refractivity contribution in [1.29, 1.82) is 0 Å². The summed E-state index contributed by atoms with van der Waals surface area (Å²) in [6.45, 7) is 7.29. The van der Waals surface area contributed by atoms with Crippen LogP contribution in [0.25, 0.3) is 0 Å². The van der Waals surface area contributed by atoms with E-state index in [1.54, 1.807) is 43.3 Å². The number of aryl methyl sites for hydroxylation is 1. The van der Waals surface area contributed by atoms with E-state index >= 15 is 0 Å². The summed E-state index contributed by atoms with van der Waals surface area (Å²) in [4.78, 5) is 13.0. The maximum Gasteiger partial charge on any atom is 0.315 e. The zero-order valence-corrected chi connectivity index (χ0v) is 19.9. The molecule has 0 amide bonds. The van der Waals surface area contributed by atoms with Crippen molar-refractivity contribution in [1.82, 2.24) is 4.31 Å². The first-order chi connectivity index (χ1) is 14.7. The van der Waals surface area contributed by atoms with Crippen LogP contribution in [0.4, 0.5) is 0 Å². The molecule has 31 heavy (non-hydrogen) atoms. The lowest BCUT2D eigenvalue weighted by Crippen LogP contribution is -2.45. The van der Waals surface area contributed by atoms with Gasteiger partial charge in [-0.25, -0.2) is 8.42 Å². The zero-order valence-electron chi connectivity index (χ0n) is 17.6. The van der Waals surface area contributed by atoms with Crippen LogP contribution in [-0.4, -0.2) is 38.4 Å². The summed E-state index contributed by atoms with van der Waals surface area (Å²) in [5.41, 5.74) is 1.34. The normalized spacial score (nSPS) is 13.9. The summed E-state index contributed by atoms with van der Waals surface area (Å²) >= 11 is 12.4. The highest BCUT2D eigenvalue weighted by Crippen LogP contribution is 2.35. The van der Waals surface area contributed by atoms with E-state index in [1.165, 1.54) is 35.7 Å². The van der Waals surface area contributed by atoms with Crippen molar-refractivity contribution >= 4 is 39.2 Å². The Morgan fingerprint density at radius 3 is 2.35 bits per heavy atom. The average Bonchev–Trinajstić information content (AvgIpc) is 2.73. The molecule has 0 aliphatic carbocycles. The monoisotopic (exact) mass is 481 g/mol. The number of rotatable bonds is 9. The Morgan fingerprint density at radius 1 is 1.19 bits per heavy atom. The number of sulfonamides is 1. The van der Waals surface area contributed by atoms with E-state index in [1.807, 2.05) is 6.92 Å². The van der Waals surface area contributed by atoms with Gasteiger partial charge in [0.05, 0.1) is 18.0 Å². The van der Waals surface area contributed by atoms with E-state index < -0.39 is 28.0 Å². The molecular weight excluding hydrogens is 457 g/mol. The first-order valence-corrected chi connectivity index (χ1v) is 11.7. The van der Waals surface area contributed by atoms with Crippen molar-refractivity contribution < 1.29 is 17.9 Å². The molecule has 0 radical (unpaired) electrons. The van der Waals surface area contributed by atoms with Crippen LogP contribution >= 0.6 is 23.2 Å². The average molecular weight is 482 g/mol. The third kappa shape index (κ3) is 5.77. The van der Waals surface area contributed by atoms with Gasteiger partial charge in [-0.2, -0.15) is 4.31 Å². The Labute approximate surface area is 194 Å². The number of hydrogen-bond donors (Lipinski definition) is 0. The van der Waals surface area contributed by atoms with Crippen LogP contribution in [0.15, 0.2) is 72.2 Å². The van der Waals surface area contributed by atoms with Crippen LogP contribution < -0.4 is 0 Å². The lowest BCUT2D eigenvalue weighted by Gasteiger charge is -2.33. The van der Waals surface area contributed by atoms with Gasteiger partial charge in [0, 0.05) is 16.6 Å². The van der Waals surface area contributed by atoms with E-state index in [0.717, 1.165) is 5.56 Å². The smallest absolute Gasteiger partial charge is 0.315 e. The Balaban J connectivity index is 2.71. The quantitative estimate of drug-likeness (QED) is 0.356. The third-order valence-electron chi connectivity index (χ3n) is 4.75. The van der Waals surface area contributed by atoms with Crippen molar-refractivity contribution in [3.8, 4) is 0 Å². The first kappa shape index (κ1) is 25.1. The fraction of sp³-hybridized carbons (Fsp3) is 0.261. The molecule has 0 saturated carbocycles. The third-order valence-corrected chi connectivity index (χ3v) is 7.19. The van der Waals surface area contributed by atoms with E-state index in [0.29, 0.717) is 10.6 Å². The van der Waals surface area contributed by atoms with Gasteiger partial charge in [0.1, 0.15) is 5.92 Å². The van der Waals surface area contributed by atoms with Gasteiger partial charge in [0.15, 0.2) is 0 Å². The van der Waals surface area contributed by atoms with Crippen molar-refractivity contribution in [2.75, 3.05) is 13.7 Å². The van der Waals surface area contributed by atoms with Gasteiger partial charge >= 0.3 is 5.97 Å². The van der Waals surface area contributed by atoms with Gasteiger partial charge < -0.3 is 4.74 Å². The van der Waals surface area contributed by atoms with Crippen LogP contribution in [-0.2, 0) is 19.6 Å². The van der Waals surface area contributed by atoms with Crippen LogP contribution in [0.2, 0.25) is 10.0 Å². The standard InChI is InChI=1S/C23H25Cl2NO4S/c1-5-7-21(22(23(27)30-4)19-13-10-17(24)15-20(19)25)26(14-6-2)31(28,29)18-11-8-16(3)9-12-18/h5-13,15,21-22H,2,14H2,1,3-4H3/b7-5+/t21-,22-/m1/s1. The maximum absolute atomic E-state index is 13.6. The molecule has 2 aromatic carbocycles. The van der Waals surface area contributed by atoms with Crippen molar-refractivity contribution in [2.45, 2.75) is 30.7 Å². The molecular formula is C23H25Cl2NO4S. The molecule has 0 fully saturated rings. The van der Waals surface area contributed by atoms with E-state index in [4.69, 9.17) is 27.9 Å². The highest BCUT2D eigenvalue weighted by molar-refractivity contribution is 7.89. The van der Waals surface area contributed by atoms with Gasteiger partial charge in [-0.3, -0.25) is 4.79 Å². The minimum atomic E-state index is -3.98. The Bertz CT molecular complexity index is 1070. The number of benzene rings is 2. The molecule has 0 unspecified atom stereocenters. The van der Waals surface area contributed by atoms with E-state index in [2.05, 4.69) is 6.58 Å². The number of nitrogens with zero attached hydrogens (tertiary/aromatic N) is 1. The number of esters is 1. The predicted molar refractivity (Wildman–Crippen MR) is 125 cm³/mol. The van der Waals surface area contributed by atoms with E-state index in [9.17, 15) is 13.2 Å². The summed E-state index contributed by atoms with van der Waals surface area (Å²) in [5, 5.41) is 0.638. The largest absolute Gasteiger partial charge is 0.468 e. The summed E-state index contributed by atoms with van der Waals surface area (Å²) in [6.07, 6.45) is 4.80. The molecule has 166 valence electrons. The van der Waals surface area contributed by atoms with Gasteiger partial charge in [0.25, 0.3) is 0 Å². The predicted octanol–water partition coefficient (Wildman–Crippen LogP) is 5.38. The number of allylic oxidation sites excluding steroid dienone is 1. The van der Waals surface area contributed by atoms with Crippen molar-refractivity contribution in [3.05, 3.63) is 88.4 Å². The molecule has 0 heterocycles. The number of methoxy groups -OCH3 is 1. The highest BCUT2D eigenvalue weighted by atomic mass is 35.5. The second-order valence-corrected chi connectivity index (χ2v) is 9.59. The molecule has 0 bridgehead atoms. The molecule has 2 atom stereocenters. The van der Waals surface area contributed by atoms with Crippen LogP contribution in [0.5, 0.6) is 0 Å². The van der Waals surface area contributed by atoms with E-state index in [-0.39, 0.29) is 16.5 Å². The van der Waals surface area contributed by atoms with Gasteiger partial charge in [-0.05, 0) is 43.7 Å². The SMILES string of the molecule is C=CCN([C@H](/C=C/C)[C@H](C(=O)OC)c1ccc(Cl)cc1Cl)S(=O)(=O)c1ccc(C)cc1. The number of halogens is 2. The number of hydrogen-bond acceptors (Lipinski definition) is 4. The topological polar surface area (TPSA) is 63.7 Å². The van der Waals surface area contributed by atoms with Crippen LogP contribution in [0, 0.1) is 6.92 Å². The summed E-state index contributed by atoms with van der Waals surface area (Å²) in [6, 6.07) is 10.3. The second-order valence-electron chi connectivity index (χ2n) is 6.86. The molecule has 8 heteroatoms. The van der Waals surface area contributed by atoms with Crippen LogP contribution in [0.1, 0.15) is 24.0 Å². The lowest BCUT2D eigenvalue weighted by molar-refractivity contribution is -0.143. The summed E-state index contributed by atoms with van der Waals surface area (Å²) in [7, 11) is -2.74. The molecule has 0 spiro atoms. The highest BCUT2D eigenvalue weighted by Gasteiger charge is 2.40. The molecule has 0 saturated heterocycles. The van der Waals surface area contributed by atoms with Gasteiger partial charge in [-0.15, -0.1) is 6.58 Å². The Hall–Kier alpha value is -2.12. The molecule has 0 aliphatic rings. The fourth-order valence-corrected chi connectivity index (χ4v) is 5.35. The second kappa shape index (κ2) is 11.0. The van der Waals surface area contributed by atoms with Crippen LogP contribution in [0.3, 0.4) is 0 Å². The fourth-order valence-electron chi connectivity index (χ4n) is 3.25.